The van der Waals surface area contributed by atoms with Gasteiger partial charge < -0.3 is 24.3 Å². The van der Waals surface area contributed by atoms with Crippen LogP contribution in [0, 0.1) is 0 Å². The first-order valence-electron chi connectivity index (χ1n) is 10.9. The second-order valence-corrected chi connectivity index (χ2v) is 7.87. The van der Waals surface area contributed by atoms with Gasteiger partial charge in [-0.25, -0.2) is 0 Å². The van der Waals surface area contributed by atoms with Crippen molar-refractivity contribution in [1.82, 2.24) is 20.0 Å². The zero-order chi connectivity index (χ0) is 21.5. The first-order chi connectivity index (χ1) is 15.2. The van der Waals surface area contributed by atoms with Crippen molar-refractivity contribution in [2.24, 2.45) is 4.99 Å². The molecule has 8 nitrogen and oxygen atoms in total. The van der Waals surface area contributed by atoms with Crippen molar-refractivity contribution in [2.75, 3.05) is 59.5 Å². The number of ether oxygens (including phenoxy) is 1. The molecule has 1 aromatic heterocycles. The Morgan fingerprint density at radius 3 is 2.41 bits per heavy atom. The van der Waals surface area contributed by atoms with Crippen LogP contribution in [0.15, 0.2) is 52.1 Å². The van der Waals surface area contributed by atoms with Gasteiger partial charge in [0.25, 0.3) is 5.91 Å². The molecule has 0 bridgehead atoms. The highest BCUT2D eigenvalue weighted by atomic mass is 127. The van der Waals surface area contributed by atoms with E-state index in [1.807, 2.05) is 4.90 Å². The minimum absolute atomic E-state index is 0. The average molecular weight is 553 g/mol. The van der Waals surface area contributed by atoms with Crippen molar-refractivity contribution in [1.29, 1.82) is 0 Å². The van der Waals surface area contributed by atoms with E-state index < -0.39 is 0 Å². The van der Waals surface area contributed by atoms with Crippen LogP contribution in [0.5, 0.6) is 0 Å². The Morgan fingerprint density at radius 2 is 1.72 bits per heavy atom. The molecule has 1 aromatic carbocycles. The summed E-state index contributed by atoms with van der Waals surface area (Å²) in [6.07, 6.45) is 1.53. The minimum atomic E-state index is -0.0512. The Hall–Kier alpha value is -2.11. The summed E-state index contributed by atoms with van der Waals surface area (Å²) < 4.78 is 10.7. The van der Waals surface area contributed by atoms with E-state index in [-0.39, 0.29) is 29.9 Å². The fourth-order valence-electron chi connectivity index (χ4n) is 4.05. The number of halogens is 1. The van der Waals surface area contributed by atoms with E-state index in [2.05, 4.69) is 44.4 Å². The van der Waals surface area contributed by atoms with Gasteiger partial charge in [-0.1, -0.05) is 24.3 Å². The zero-order valence-corrected chi connectivity index (χ0v) is 20.9. The van der Waals surface area contributed by atoms with Gasteiger partial charge in [-0.15, -0.1) is 24.0 Å². The highest BCUT2D eigenvalue weighted by molar-refractivity contribution is 14.0. The van der Waals surface area contributed by atoms with Crippen LogP contribution in [0.4, 0.5) is 0 Å². The summed E-state index contributed by atoms with van der Waals surface area (Å²) in [5, 5.41) is 3.48. The molecule has 0 unspecified atom stereocenters. The van der Waals surface area contributed by atoms with Gasteiger partial charge >= 0.3 is 0 Å². The fraction of sp³-hybridized carbons (Fsp3) is 0.478. The monoisotopic (exact) mass is 553 g/mol. The van der Waals surface area contributed by atoms with Crippen LogP contribution in [-0.4, -0.2) is 86.1 Å². The summed E-state index contributed by atoms with van der Waals surface area (Å²) in [7, 11) is 1.80. The third-order valence-electron chi connectivity index (χ3n) is 5.76. The quantitative estimate of drug-likeness (QED) is 0.348. The van der Waals surface area contributed by atoms with Crippen LogP contribution < -0.4 is 5.32 Å². The van der Waals surface area contributed by atoms with Crippen molar-refractivity contribution in [3.63, 3.8) is 0 Å². The molecule has 4 rings (SSSR count). The van der Waals surface area contributed by atoms with E-state index in [1.165, 1.54) is 17.4 Å². The van der Waals surface area contributed by atoms with Crippen LogP contribution >= 0.6 is 24.0 Å². The first-order valence-corrected chi connectivity index (χ1v) is 10.9. The van der Waals surface area contributed by atoms with Gasteiger partial charge in [0.05, 0.1) is 19.5 Å². The molecule has 32 heavy (non-hydrogen) atoms. The lowest BCUT2D eigenvalue weighted by molar-refractivity contribution is 0.0342. The van der Waals surface area contributed by atoms with Gasteiger partial charge in [0.1, 0.15) is 0 Å². The number of hydrogen-bond donors (Lipinski definition) is 1. The summed E-state index contributed by atoms with van der Waals surface area (Å²) in [4.78, 5) is 23.4. The van der Waals surface area contributed by atoms with Gasteiger partial charge in [-0.05, 0) is 23.3 Å². The molecule has 2 aliphatic heterocycles. The molecule has 0 aliphatic carbocycles. The van der Waals surface area contributed by atoms with Crippen LogP contribution in [0.25, 0.3) is 0 Å². The first kappa shape index (κ1) is 24.5. The van der Waals surface area contributed by atoms with Gasteiger partial charge in [0, 0.05) is 59.4 Å². The number of piperazine rings is 1. The van der Waals surface area contributed by atoms with Gasteiger partial charge in [0.15, 0.2) is 11.7 Å². The summed E-state index contributed by atoms with van der Waals surface area (Å²) in [6, 6.07) is 12.2. The molecule has 1 amide bonds. The summed E-state index contributed by atoms with van der Waals surface area (Å²) in [5.41, 5.74) is 2.56. The second kappa shape index (κ2) is 12.2. The molecule has 9 heteroatoms. The Labute approximate surface area is 206 Å². The maximum absolute atomic E-state index is 12.4. The third kappa shape index (κ3) is 6.46. The number of nitrogens with zero attached hydrogens (tertiary/aromatic N) is 4. The van der Waals surface area contributed by atoms with E-state index >= 15 is 0 Å². The largest absolute Gasteiger partial charge is 0.459 e. The van der Waals surface area contributed by atoms with Crippen LogP contribution in [0.1, 0.15) is 21.7 Å². The Morgan fingerprint density at radius 1 is 1.00 bits per heavy atom. The summed E-state index contributed by atoms with van der Waals surface area (Å²) in [6.45, 7) is 8.06. The fourth-order valence-corrected chi connectivity index (χ4v) is 4.05. The smallest absolute Gasteiger partial charge is 0.289 e. The lowest BCUT2D eigenvalue weighted by Gasteiger charge is -2.36. The number of hydrogen-bond acceptors (Lipinski definition) is 5. The highest BCUT2D eigenvalue weighted by Gasteiger charge is 2.25. The molecule has 2 fully saturated rings. The number of rotatable bonds is 5. The number of benzene rings is 1. The van der Waals surface area contributed by atoms with Crippen molar-refractivity contribution in [2.45, 2.75) is 13.1 Å². The third-order valence-corrected chi connectivity index (χ3v) is 5.76. The molecule has 1 N–H and O–H groups in total. The van der Waals surface area contributed by atoms with Crippen LogP contribution in [0.2, 0.25) is 0 Å². The normalized spacial score (nSPS) is 17.7. The number of morpholine rings is 1. The zero-order valence-electron chi connectivity index (χ0n) is 18.5. The molecule has 2 saturated heterocycles. The predicted octanol–water partition coefficient (Wildman–Crippen LogP) is 2.26. The molecule has 0 spiro atoms. The van der Waals surface area contributed by atoms with Crippen molar-refractivity contribution >= 4 is 35.8 Å². The number of furan rings is 1. The molecular weight excluding hydrogens is 521 g/mol. The maximum atomic E-state index is 12.4. The molecule has 174 valence electrons. The minimum Gasteiger partial charge on any atom is -0.459 e. The standard InChI is InChI=1S/C23H31N5O3.HI/c1-24-23(28-9-7-27(8-10-28)22(29)21-6-3-13-31-21)25-17-19-4-2-5-20(16-19)18-26-11-14-30-15-12-26;/h2-6,13,16H,7-12,14-15,17-18H2,1H3,(H,24,25);1H. The number of carbonyl (C=O) groups excluding carboxylic acids is 1. The lowest BCUT2D eigenvalue weighted by atomic mass is 10.1. The summed E-state index contributed by atoms with van der Waals surface area (Å²) in [5.74, 6) is 1.21. The molecule has 2 aliphatic rings. The lowest BCUT2D eigenvalue weighted by Crippen LogP contribution is -2.53. The molecule has 0 saturated carbocycles. The SMILES string of the molecule is CN=C(NCc1cccc(CN2CCOCC2)c1)N1CCN(C(=O)c2ccco2)CC1.I. The average Bonchev–Trinajstić information content (AvgIpc) is 3.35. The summed E-state index contributed by atoms with van der Waals surface area (Å²) >= 11 is 0. The van der Waals surface area contributed by atoms with E-state index in [0.29, 0.717) is 18.8 Å². The van der Waals surface area contributed by atoms with Crippen LogP contribution in [-0.2, 0) is 17.8 Å². The predicted molar refractivity (Wildman–Crippen MR) is 134 cm³/mol. The van der Waals surface area contributed by atoms with E-state index in [9.17, 15) is 4.79 Å². The van der Waals surface area contributed by atoms with Gasteiger partial charge in [0.2, 0.25) is 0 Å². The van der Waals surface area contributed by atoms with Crippen molar-refractivity contribution in [3.05, 3.63) is 59.5 Å². The van der Waals surface area contributed by atoms with Crippen molar-refractivity contribution < 1.29 is 13.9 Å². The molecule has 3 heterocycles. The molecule has 0 atom stereocenters. The highest BCUT2D eigenvalue weighted by Crippen LogP contribution is 2.12. The topological polar surface area (TPSA) is 73.6 Å². The molecule has 2 aromatic rings. The Balaban J connectivity index is 0.00000289. The number of carbonyl (C=O) groups is 1. The van der Waals surface area contributed by atoms with Gasteiger partial charge in [-0.2, -0.15) is 0 Å². The Kier molecular flexibility index (Phi) is 9.36. The van der Waals surface area contributed by atoms with Gasteiger partial charge in [-0.3, -0.25) is 14.7 Å². The second-order valence-electron chi connectivity index (χ2n) is 7.87. The molecule has 0 radical (unpaired) electrons. The molecular formula is C23H32IN5O3. The number of amides is 1. The van der Waals surface area contributed by atoms with E-state index in [4.69, 9.17) is 9.15 Å². The van der Waals surface area contributed by atoms with Crippen molar-refractivity contribution in [3.8, 4) is 0 Å². The van der Waals surface area contributed by atoms with E-state index in [1.54, 1.807) is 19.2 Å². The maximum Gasteiger partial charge on any atom is 0.289 e. The number of guanidine groups is 1. The Bertz CT molecular complexity index is 876. The van der Waals surface area contributed by atoms with E-state index in [0.717, 1.165) is 58.4 Å². The number of aliphatic imine (C=N–C) groups is 1. The number of nitrogens with one attached hydrogen (secondary N) is 1. The van der Waals surface area contributed by atoms with Crippen LogP contribution in [0.3, 0.4) is 0 Å².